The van der Waals surface area contributed by atoms with E-state index in [4.69, 9.17) is 4.74 Å². The van der Waals surface area contributed by atoms with Crippen LogP contribution in [-0.2, 0) is 4.74 Å². The molecular weight excluding hydrogens is 112 g/mol. The second kappa shape index (κ2) is 3.21. The molecule has 9 heavy (non-hydrogen) atoms. The molecule has 0 unspecified atom stereocenters. The van der Waals surface area contributed by atoms with Gasteiger partial charge >= 0.3 is 0 Å². The molecule has 0 aromatic carbocycles. The first-order valence-electron chi connectivity index (χ1n) is 3.53. The van der Waals surface area contributed by atoms with E-state index in [-0.39, 0.29) is 5.60 Å². The SMILES string of the molecule is COC(C)(C)CC(C)C. The van der Waals surface area contributed by atoms with Gasteiger partial charge in [0.15, 0.2) is 0 Å². The third-order valence-corrected chi connectivity index (χ3v) is 1.45. The fourth-order valence-corrected chi connectivity index (χ4v) is 1.07. The molecule has 0 saturated carbocycles. The van der Waals surface area contributed by atoms with Crippen LogP contribution in [0.1, 0.15) is 34.1 Å². The molecule has 0 radical (unpaired) electrons. The smallest absolute Gasteiger partial charge is 0.0625 e. The van der Waals surface area contributed by atoms with Crippen molar-refractivity contribution in [2.75, 3.05) is 7.11 Å². The van der Waals surface area contributed by atoms with Crippen LogP contribution in [0.5, 0.6) is 0 Å². The van der Waals surface area contributed by atoms with E-state index >= 15 is 0 Å². The number of rotatable bonds is 3. The summed E-state index contributed by atoms with van der Waals surface area (Å²) < 4.78 is 5.25. The van der Waals surface area contributed by atoms with Crippen LogP contribution in [0.25, 0.3) is 0 Å². The third kappa shape index (κ3) is 4.46. The second-order valence-corrected chi connectivity index (χ2v) is 3.56. The highest BCUT2D eigenvalue weighted by atomic mass is 16.5. The van der Waals surface area contributed by atoms with E-state index < -0.39 is 0 Å². The summed E-state index contributed by atoms with van der Waals surface area (Å²) in [6.45, 7) is 8.65. The third-order valence-electron chi connectivity index (χ3n) is 1.45. The van der Waals surface area contributed by atoms with Crippen molar-refractivity contribution >= 4 is 0 Å². The molecule has 0 rings (SSSR count). The molecule has 0 aromatic heterocycles. The highest BCUT2D eigenvalue weighted by Crippen LogP contribution is 2.18. The minimum atomic E-state index is 0.0637. The van der Waals surface area contributed by atoms with Crippen molar-refractivity contribution in [2.24, 2.45) is 5.92 Å². The van der Waals surface area contributed by atoms with Crippen LogP contribution in [0.2, 0.25) is 0 Å². The summed E-state index contributed by atoms with van der Waals surface area (Å²) >= 11 is 0. The van der Waals surface area contributed by atoms with Crippen molar-refractivity contribution in [2.45, 2.75) is 39.7 Å². The van der Waals surface area contributed by atoms with Gasteiger partial charge in [-0.1, -0.05) is 13.8 Å². The van der Waals surface area contributed by atoms with Crippen molar-refractivity contribution in [3.05, 3.63) is 0 Å². The fraction of sp³-hybridized carbons (Fsp3) is 1.00. The molecule has 0 bridgehead atoms. The molecule has 56 valence electrons. The zero-order valence-corrected chi connectivity index (χ0v) is 7.19. The minimum absolute atomic E-state index is 0.0637. The van der Waals surface area contributed by atoms with E-state index in [0.717, 1.165) is 12.3 Å². The standard InChI is InChI=1S/C8H18O/c1-7(2)6-8(3,4)9-5/h7H,6H2,1-5H3. The Morgan fingerprint density at radius 1 is 1.33 bits per heavy atom. The quantitative estimate of drug-likeness (QED) is 0.570. The zero-order chi connectivity index (χ0) is 7.49. The van der Waals surface area contributed by atoms with Crippen LogP contribution in [0.15, 0.2) is 0 Å². The number of methoxy groups -OCH3 is 1. The van der Waals surface area contributed by atoms with Gasteiger partial charge in [-0.3, -0.25) is 0 Å². The average Bonchev–Trinajstić information content (AvgIpc) is 1.63. The van der Waals surface area contributed by atoms with Crippen LogP contribution in [0, 0.1) is 5.92 Å². The van der Waals surface area contributed by atoms with Gasteiger partial charge in [0.1, 0.15) is 0 Å². The van der Waals surface area contributed by atoms with Crippen molar-refractivity contribution in [1.29, 1.82) is 0 Å². The largest absolute Gasteiger partial charge is 0.379 e. The zero-order valence-electron chi connectivity index (χ0n) is 7.19. The molecule has 1 heteroatoms. The summed E-state index contributed by atoms with van der Waals surface area (Å²) in [6, 6.07) is 0. The Balaban J connectivity index is 3.58. The molecule has 0 saturated heterocycles. The Kier molecular flexibility index (Phi) is 3.20. The number of hydrogen-bond acceptors (Lipinski definition) is 1. The first kappa shape index (κ1) is 8.96. The lowest BCUT2D eigenvalue weighted by molar-refractivity contribution is 0.00570. The summed E-state index contributed by atoms with van der Waals surface area (Å²) in [7, 11) is 1.77. The van der Waals surface area contributed by atoms with Crippen LogP contribution >= 0.6 is 0 Å². The molecular formula is C8H18O. The second-order valence-electron chi connectivity index (χ2n) is 3.56. The number of hydrogen-bond donors (Lipinski definition) is 0. The first-order valence-corrected chi connectivity index (χ1v) is 3.53. The van der Waals surface area contributed by atoms with Crippen molar-refractivity contribution < 1.29 is 4.74 Å². The summed E-state index contributed by atoms with van der Waals surface area (Å²) in [6.07, 6.45) is 1.13. The Morgan fingerprint density at radius 2 is 1.78 bits per heavy atom. The van der Waals surface area contributed by atoms with Gasteiger partial charge in [0.2, 0.25) is 0 Å². The molecule has 0 aliphatic carbocycles. The highest BCUT2D eigenvalue weighted by molar-refractivity contribution is 4.68. The van der Waals surface area contributed by atoms with E-state index in [1.165, 1.54) is 0 Å². The van der Waals surface area contributed by atoms with E-state index in [2.05, 4.69) is 27.7 Å². The van der Waals surface area contributed by atoms with Crippen LogP contribution < -0.4 is 0 Å². The van der Waals surface area contributed by atoms with Gasteiger partial charge < -0.3 is 4.74 Å². The molecule has 0 aliphatic rings. The van der Waals surface area contributed by atoms with Crippen LogP contribution in [-0.4, -0.2) is 12.7 Å². The molecule has 0 atom stereocenters. The van der Waals surface area contributed by atoms with Crippen molar-refractivity contribution in [1.82, 2.24) is 0 Å². The molecule has 0 aliphatic heterocycles. The predicted molar refractivity (Wildman–Crippen MR) is 40.5 cm³/mol. The topological polar surface area (TPSA) is 9.23 Å². The molecule has 0 N–H and O–H groups in total. The molecule has 0 fully saturated rings. The lowest BCUT2D eigenvalue weighted by Gasteiger charge is -2.24. The van der Waals surface area contributed by atoms with E-state index in [9.17, 15) is 0 Å². The van der Waals surface area contributed by atoms with Gasteiger partial charge in [-0.15, -0.1) is 0 Å². The Morgan fingerprint density at radius 3 is 1.89 bits per heavy atom. The monoisotopic (exact) mass is 130 g/mol. The van der Waals surface area contributed by atoms with Gasteiger partial charge in [-0.05, 0) is 26.2 Å². The van der Waals surface area contributed by atoms with E-state index in [1.807, 2.05) is 0 Å². The van der Waals surface area contributed by atoms with Crippen LogP contribution in [0.3, 0.4) is 0 Å². The number of ether oxygens (including phenoxy) is 1. The van der Waals surface area contributed by atoms with Gasteiger partial charge in [-0.2, -0.15) is 0 Å². The van der Waals surface area contributed by atoms with Crippen LogP contribution in [0.4, 0.5) is 0 Å². The lowest BCUT2D eigenvalue weighted by atomic mass is 9.96. The highest BCUT2D eigenvalue weighted by Gasteiger charge is 2.17. The Hall–Kier alpha value is -0.0400. The summed E-state index contributed by atoms with van der Waals surface area (Å²) in [5, 5.41) is 0. The molecule has 0 spiro atoms. The fourth-order valence-electron chi connectivity index (χ4n) is 1.07. The van der Waals surface area contributed by atoms with Gasteiger partial charge in [0, 0.05) is 7.11 Å². The molecule has 0 heterocycles. The van der Waals surface area contributed by atoms with Gasteiger partial charge in [-0.25, -0.2) is 0 Å². The molecule has 1 nitrogen and oxygen atoms in total. The summed E-state index contributed by atoms with van der Waals surface area (Å²) in [5.74, 6) is 0.722. The maximum Gasteiger partial charge on any atom is 0.0625 e. The average molecular weight is 130 g/mol. The Bertz CT molecular complexity index is 74.6. The van der Waals surface area contributed by atoms with Crippen molar-refractivity contribution in [3.63, 3.8) is 0 Å². The van der Waals surface area contributed by atoms with Crippen molar-refractivity contribution in [3.8, 4) is 0 Å². The maximum atomic E-state index is 5.25. The van der Waals surface area contributed by atoms with Gasteiger partial charge in [0.25, 0.3) is 0 Å². The summed E-state index contributed by atoms with van der Waals surface area (Å²) in [5.41, 5.74) is 0.0637. The summed E-state index contributed by atoms with van der Waals surface area (Å²) in [4.78, 5) is 0. The normalized spacial score (nSPS) is 12.7. The van der Waals surface area contributed by atoms with E-state index in [0.29, 0.717) is 0 Å². The minimum Gasteiger partial charge on any atom is -0.379 e. The lowest BCUT2D eigenvalue weighted by Crippen LogP contribution is -2.24. The molecule has 0 aromatic rings. The maximum absolute atomic E-state index is 5.25. The Labute approximate surface area is 58.4 Å². The first-order chi connectivity index (χ1) is 3.98. The van der Waals surface area contributed by atoms with Gasteiger partial charge in [0.05, 0.1) is 5.60 Å². The molecule has 0 amide bonds. The predicted octanol–water partition coefficient (Wildman–Crippen LogP) is 2.46. The van der Waals surface area contributed by atoms with E-state index in [1.54, 1.807) is 7.11 Å².